The molecule has 3 aliphatic rings. The Kier molecular flexibility index (Phi) is 8.99. The van der Waals surface area contributed by atoms with Crippen LogP contribution in [0.25, 0.3) is 11.6 Å². The molecule has 0 saturated heterocycles. The van der Waals surface area contributed by atoms with Crippen LogP contribution in [0.3, 0.4) is 0 Å². The number of fused-ring (bicyclic) bond motifs is 3. The summed E-state index contributed by atoms with van der Waals surface area (Å²) in [6.45, 7) is 24.8. The molecule has 0 amide bonds. The van der Waals surface area contributed by atoms with Crippen LogP contribution in [0.4, 0.5) is 0 Å². The number of allylic oxidation sites excluding steroid dienone is 9. The third kappa shape index (κ3) is 5.21. The van der Waals surface area contributed by atoms with Crippen molar-refractivity contribution in [2.45, 2.75) is 76.5 Å². The summed E-state index contributed by atoms with van der Waals surface area (Å²) in [5, 5.41) is 3.25. The maximum absolute atomic E-state index is 2.76. The van der Waals surface area contributed by atoms with Gasteiger partial charge in [0.2, 0.25) is 0 Å². The molecule has 3 aliphatic carbocycles. The topological polar surface area (TPSA) is 0 Å². The Morgan fingerprint density at radius 1 is 0.941 bits per heavy atom. The second-order valence-corrected chi connectivity index (χ2v) is 31.0. The molecular formula is C29H42Cl2Si2Zr. The zero-order chi connectivity index (χ0) is 23.6. The molecule has 5 heteroatoms. The van der Waals surface area contributed by atoms with Gasteiger partial charge in [-0.3, -0.25) is 0 Å². The van der Waals surface area contributed by atoms with Gasteiger partial charge >= 0.3 is 207 Å². The summed E-state index contributed by atoms with van der Waals surface area (Å²) in [5.74, 6) is 0. The van der Waals surface area contributed by atoms with Crippen LogP contribution >= 0.6 is 24.8 Å². The fraction of sp³-hybridized carbons (Fsp3) is 0.414. The second-order valence-electron chi connectivity index (χ2n) is 12.4. The summed E-state index contributed by atoms with van der Waals surface area (Å²) < 4.78 is 3.66. The molecule has 1 unspecified atom stereocenters. The maximum Gasteiger partial charge on any atom is -0.147 e. The van der Waals surface area contributed by atoms with Crippen LogP contribution in [0, 0.1) is 6.92 Å². The van der Waals surface area contributed by atoms with Gasteiger partial charge in [0.25, 0.3) is 0 Å². The van der Waals surface area contributed by atoms with Gasteiger partial charge in [0.15, 0.2) is 0 Å². The van der Waals surface area contributed by atoms with Crippen molar-refractivity contribution in [3.63, 3.8) is 0 Å². The molecule has 34 heavy (non-hydrogen) atoms. The van der Waals surface area contributed by atoms with E-state index in [1.807, 2.05) is 0 Å². The number of hydrogen-bond donors (Lipinski definition) is 0. The zero-order valence-electron chi connectivity index (χ0n) is 22.6. The summed E-state index contributed by atoms with van der Waals surface area (Å²) in [4.78, 5) is 0. The fourth-order valence-corrected chi connectivity index (χ4v) is 17.6. The summed E-state index contributed by atoms with van der Waals surface area (Å²) in [7, 11) is -2.84. The van der Waals surface area contributed by atoms with Crippen molar-refractivity contribution in [3.05, 3.63) is 73.3 Å². The van der Waals surface area contributed by atoms with E-state index in [1.165, 1.54) is 23.1 Å². The summed E-state index contributed by atoms with van der Waals surface area (Å²) in [6.07, 6.45) is 16.3. The largest absolute Gasteiger partial charge is 0.147 e. The van der Waals surface area contributed by atoms with Crippen molar-refractivity contribution in [2.24, 2.45) is 0 Å². The molecule has 1 aromatic rings. The van der Waals surface area contributed by atoms with Gasteiger partial charge in [0.1, 0.15) is 0 Å². The van der Waals surface area contributed by atoms with Gasteiger partial charge in [-0.1, -0.05) is 0 Å². The van der Waals surface area contributed by atoms with E-state index in [1.54, 1.807) is 28.0 Å². The smallest absolute Gasteiger partial charge is 0.147 e. The van der Waals surface area contributed by atoms with Crippen molar-refractivity contribution >= 4 is 61.0 Å². The molecule has 1 atom stereocenters. The number of hydrogen-bond acceptors (Lipinski definition) is 0. The molecule has 0 heterocycles. The van der Waals surface area contributed by atoms with Crippen molar-refractivity contribution in [1.29, 1.82) is 0 Å². The first-order valence-electron chi connectivity index (χ1n) is 12.1. The third-order valence-corrected chi connectivity index (χ3v) is 20.0. The first-order chi connectivity index (χ1) is 14.7. The first kappa shape index (κ1) is 29.9. The molecule has 0 fully saturated rings. The minimum atomic E-state index is -2.12. The van der Waals surface area contributed by atoms with Crippen LogP contribution in [0.2, 0.25) is 42.4 Å². The van der Waals surface area contributed by atoms with Crippen molar-refractivity contribution in [3.8, 4) is 0 Å². The van der Waals surface area contributed by atoms with E-state index in [0.717, 1.165) is 0 Å². The van der Waals surface area contributed by atoms with Crippen molar-refractivity contribution < 1.29 is 21.3 Å². The van der Waals surface area contributed by atoms with E-state index in [-0.39, 0.29) is 27.9 Å². The summed E-state index contributed by atoms with van der Waals surface area (Å²) >= 11 is -2.12. The summed E-state index contributed by atoms with van der Waals surface area (Å²) in [5.41, 5.74) is 7.64. The number of aryl methyl sites for hydroxylation is 1. The molecule has 1 aromatic carbocycles. The van der Waals surface area contributed by atoms with Gasteiger partial charge in [-0.05, 0) is 0 Å². The van der Waals surface area contributed by atoms with Crippen molar-refractivity contribution in [1.82, 2.24) is 0 Å². The quantitative estimate of drug-likeness (QED) is 0.300. The molecule has 184 valence electrons. The van der Waals surface area contributed by atoms with Crippen LogP contribution in [-0.4, -0.2) is 19.4 Å². The molecule has 0 bridgehead atoms. The van der Waals surface area contributed by atoms with Crippen LogP contribution < -0.4 is 5.19 Å². The van der Waals surface area contributed by atoms with Crippen LogP contribution in [-0.2, 0) is 21.3 Å². The number of rotatable bonds is 4. The van der Waals surface area contributed by atoms with E-state index in [0.29, 0.717) is 0 Å². The van der Waals surface area contributed by atoms with Gasteiger partial charge in [0.05, 0.1) is 0 Å². The van der Waals surface area contributed by atoms with E-state index < -0.39 is 37.4 Å². The molecule has 0 aromatic heterocycles. The minimum Gasteiger partial charge on any atom is -0.147 e. The molecule has 0 aliphatic heterocycles. The Bertz CT molecular complexity index is 1190. The Morgan fingerprint density at radius 3 is 2.09 bits per heavy atom. The maximum atomic E-state index is 2.76. The minimum absolute atomic E-state index is 0. The Balaban J connectivity index is 0.00000204. The van der Waals surface area contributed by atoms with E-state index in [2.05, 4.69) is 116 Å². The first-order valence-corrected chi connectivity index (χ1v) is 22.8. The zero-order valence-corrected chi connectivity index (χ0v) is 28.7. The Labute approximate surface area is 230 Å². The van der Waals surface area contributed by atoms with Crippen LogP contribution in [0.5, 0.6) is 0 Å². The molecule has 0 saturated carbocycles. The molecule has 0 spiro atoms. The molecule has 0 nitrogen and oxygen atoms in total. The Morgan fingerprint density at radius 2 is 1.59 bits per heavy atom. The average Bonchev–Trinajstić information content (AvgIpc) is 3.28. The SMILES string of the molecule is C[C](C)=[Zr]([C]1=CC=CC1)[C]1(C)C=C([Si](C)(C)C)C=C2C1=Cc1c(C)cc([Si](C)(C)C)cc12.Cl.Cl. The van der Waals surface area contributed by atoms with Gasteiger partial charge in [-0.2, -0.15) is 0 Å². The van der Waals surface area contributed by atoms with Gasteiger partial charge in [-0.15, -0.1) is 24.8 Å². The molecular weight excluding hydrogens is 567 g/mol. The number of benzene rings is 1. The fourth-order valence-electron chi connectivity index (χ4n) is 5.63. The van der Waals surface area contributed by atoms with Gasteiger partial charge in [0, 0.05) is 0 Å². The standard InChI is InChI=1S/C21H29Si2.C5H5.C3H6.2ClH.Zr/c1-14-9-16(22(3,4)5)11-20-18(14)13-19-15(2)10-17(12-21(19)20)23(6,7)8;1-2-4-5-3-1;1-3-2;;;/h9-13H,1-8H3;1-3H,4H2;1-2H3;2*1H;. The van der Waals surface area contributed by atoms with Gasteiger partial charge in [-0.25, -0.2) is 0 Å². The number of halogens is 2. The Hall–Kier alpha value is -0.313. The van der Waals surface area contributed by atoms with Gasteiger partial charge < -0.3 is 0 Å². The summed E-state index contributed by atoms with van der Waals surface area (Å²) in [6, 6.07) is 5.06. The third-order valence-electron chi connectivity index (χ3n) is 7.40. The molecule has 0 N–H and O–H groups in total. The normalized spacial score (nSPS) is 20.8. The molecule has 4 rings (SSSR count). The van der Waals surface area contributed by atoms with E-state index >= 15 is 0 Å². The second kappa shape index (κ2) is 10.2. The predicted molar refractivity (Wildman–Crippen MR) is 163 cm³/mol. The average molecular weight is 609 g/mol. The van der Waals surface area contributed by atoms with Crippen LogP contribution in [0.1, 0.15) is 43.9 Å². The predicted octanol–water partition coefficient (Wildman–Crippen LogP) is 8.83. The van der Waals surface area contributed by atoms with Crippen molar-refractivity contribution in [2.75, 3.05) is 0 Å². The van der Waals surface area contributed by atoms with E-state index in [4.69, 9.17) is 0 Å². The monoisotopic (exact) mass is 606 g/mol. The van der Waals surface area contributed by atoms with Crippen LogP contribution in [0.15, 0.2) is 56.6 Å². The molecule has 0 radical (unpaired) electrons. The van der Waals surface area contributed by atoms with E-state index in [9.17, 15) is 0 Å².